The molecular weight excluding hydrogens is 316 g/mol. The lowest BCUT2D eigenvalue weighted by molar-refractivity contribution is 0.411. The number of anilines is 1. The average molecular weight is 335 g/mol. The van der Waals surface area contributed by atoms with Crippen molar-refractivity contribution >= 4 is 21.7 Å². The lowest BCUT2D eigenvalue weighted by atomic mass is 10.1. The molecule has 0 saturated carbocycles. The minimum atomic E-state index is 0.861. The molecule has 1 aromatic heterocycles. The zero-order chi connectivity index (χ0) is 14.5. The molecule has 20 heavy (non-hydrogen) atoms. The van der Waals surface area contributed by atoms with Gasteiger partial charge in [0.05, 0.1) is 12.8 Å². The van der Waals surface area contributed by atoms with E-state index in [1.807, 2.05) is 25.1 Å². The van der Waals surface area contributed by atoms with Gasteiger partial charge < -0.3 is 10.1 Å². The van der Waals surface area contributed by atoms with Gasteiger partial charge >= 0.3 is 0 Å². The summed E-state index contributed by atoms with van der Waals surface area (Å²) in [4.78, 5) is 4.47. The molecule has 1 heterocycles. The second-order valence-electron chi connectivity index (χ2n) is 4.74. The highest BCUT2D eigenvalue weighted by Crippen LogP contribution is 2.19. The molecule has 2 aromatic rings. The number of aromatic nitrogens is 1. The number of methoxy groups -OCH3 is 1. The Kier molecular flexibility index (Phi) is 5.01. The number of benzene rings is 1. The number of rotatable bonds is 5. The molecule has 4 heteroatoms. The number of aryl methyl sites for hydroxylation is 2. The number of nitrogens with one attached hydrogen (secondary N) is 1. The van der Waals surface area contributed by atoms with E-state index in [0.29, 0.717) is 0 Å². The lowest BCUT2D eigenvalue weighted by Gasteiger charge is -2.09. The Balaban J connectivity index is 1.92. The first kappa shape index (κ1) is 14.9. The van der Waals surface area contributed by atoms with E-state index in [2.05, 4.69) is 45.3 Å². The molecule has 0 unspecified atom stereocenters. The van der Waals surface area contributed by atoms with Gasteiger partial charge in [0.25, 0.3) is 0 Å². The molecule has 3 nitrogen and oxygen atoms in total. The van der Waals surface area contributed by atoms with Crippen LogP contribution >= 0.6 is 15.9 Å². The van der Waals surface area contributed by atoms with Crippen LogP contribution in [-0.4, -0.2) is 18.6 Å². The predicted molar refractivity (Wildman–Crippen MR) is 86.6 cm³/mol. The van der Waals surface area contributed by atoms with E-state index >= 15 is 0 Å². The third kappa shape index (κ3) is 3.73. The molecule has 1 N–H and O–H groups in total. The van der Waals surface area contributed by atoms with E-state index in [4.69, 9.17) is 4.74 Å². The van der Waals surface area contributed by atoms with E-state index < -0.39 is 0 Å². The van der Waals surface area contributed by atoms with Crippen molar-refractivity contribution in [1.29, 1.82) is 0 Å². The van der Waals surface area contributed by atoms with Crippen molar-refractivity contribution in [2.45, 2.75) is 20.3 Å². The van der Waals surface area contributed by atoms with Gasteiger partial charge in [0.15, 0.2) is 0 Å². The smallest absolute Gasteiger partial charge is 0.126 e. The molecule has 1 aromatic carbocycles. The topological polar surface area (TPSA) is 34.1 Å². The van der Waals surface area contributed by atoms with Gasteiger partial charge in [-0.2, -0.15) is 0 Å². The zero-order valence-corrected chi connectivity index (χ0v) is 13.6. The Labute approximate surface area is 128 Å². The van der Waals surface area contributed by atoms with Crippen molar-refractivity contribution < 1.29 is 4.74 Å². The summed E-state index contributed by atoms with van der Waals surface area (Å²) >= 11 is 3.45. The van der Waals surface area contributed by atoms with Crippen LogP contribution in [-0.2, 0) is 6.42 Å². The molecule has 0 atom stereocenters. The Hall–Kier alpha value is -1.55. The summed E-state index contributed by atoms with van der Waals surface area (Å²) in [6, 6.07) is 10.3. The minimum absolute atomic E-state index is 0.861. The first-order valence-corrected chi connectivity index (χ1v) is 7.40. The molecule has 106 valence electrons. The standard InChI is InChI=1S/C16H19BrN2O/c1-11-10-13(4-6-15(11)20-3)8-9-18-16-7-5-14(17)12(2)19-16/h4-7,10H,8-9H2,1-3H3,(H,18,19). The van der Waals surface area contributed by atoms with Crippen molar-refractivity contribution in [1.82, 2.24) is 4.98 Å². The quantitative estimate of drug-likeness (QED) is 0.892. The fraction of sp³-hybridized carbons (Fsp3) is 0.312. The summed E-state index contributed by atoms with van der Waals surface area (Å²) in [7, 11) is 1.70. The SMILES string of the molecule is COc1ccc(CCNc2ccc(Br)c(C)n2)cc1C. The van der Waals surface area contributed by atoms with E-state index in [-0.39, 0.29) is 0 Å². The van der Waals surface area contributed by atoms with Crippen molar-refractivity contribution in [3.8, 4) is 5.75 Å². The van der Waals surface area contributed by atoms with Gasteiger partial charge in [0.2, 0.25) is 0 Å². The Bertz CT molecular complexity index is 599. The van der Waals surface area contributed by atoms with Crippen molar-refractivity contribution in [3.63, 3.8) is 0 Å². The molecule has 0 aliphatic heterocycles. The summed E-state index contributed by atoms with van der Waals surface area (Å²) in [5, 5.41) is 3.35. The summed E-state index contributed by atoms with van der Waals surface area (Å²) in [6.07, 6.45) is 0.960. The van der Waals surface area contributed by atoms with Crippen LogP contribution in [0.4, 0.5) is 5.82 Å². The van der Waals surface area contributed by atoms with Crippen LogP contribution in [0.5, 0.6) is 5.75 Å². The van der Waals surface area contributed by atoms with Gasteiger partial charge in [-0.05, 0) is 65.5 Å². The van der Waals surface area contributed by atoms with Crippen LogP contribution < -0.4 is 10.1 Å². The molecule has 0 radical (unpaired) electrons. The van der Waals surface area contributed by atoms with Crippen LogP contribution in [0.1, 0.15) is 16.8 Å². The third-order valence-corrected chi connectivity index (χ3v) is 4.04. The highest BCUT2D eigenvalue weighted by molar-refractivity contribution is 9.10. The normalized spacial score (nSPS) is 10.4. The van der Waals surface area contributed by atoms with Crippen LogP contribution in [0, 0.1) is 13.8 Å². The van der Waals surface area contributed by atoms with Gasteiger partial charge in [0, 0.05) is 11.0 Å². The number of hydrogen-bond donors (Lipinski definition) is 1. The second kappa shape index (κ2) is 6.75. The number of pyridine rings is 1. The monoisotopic (exact) mass is 334 g/mol. The van der Waals surface area contributed by atoms with Crippen LogP contribution in [0.3, 0.4) is 0 Å². The minimum Gasteiger partial charge on any atom is -0.496 e. The average Bonchev–Trinajstić information content (AvgIpc) is 2.43. The molecule has 0 fully saturated rings. The zero-order valence-electron chi connectivity index (χ0n) is 12.0. The summed E-state index contributed by atoms with van der Waals surface area (Å²) in [5.41, 5.74) is 3.46. The van der Waals surface area contributed by atoms with Crippen molar-refractivity contribution in [3.05, 3.63) is 51.6 Å². The Morgan fingerprint density at radius 3 is 2.65 bits per heavy atom. The molecule has 0 saturated heterocycles. The molecule has 0 spiro atoms. The third-order valence-electron chi connectivity index (χ3n) is 3.20. The van der Waals surface area contributed by atoms with E-state index in [0.717, 1.165) is 34.7 Å². The van der Waals surface area contributed by atoms with Crippen LogP contribution in [0.15, 0.2) is 34.8 Å². The maximum absolute atomic E-state index is 5.27. The largest absolute Gasteiger partial charge is 0.496 e. The lowest BCUT2D eigenvalue weighted by Crippen LogP contribution is -2.07. The maximum atomic E-state index is 5.27. The first-order valence-electron chi connectivity index (χ1n) is 6.60. The van der Waals surface area contributed by atoms with Gasteiger partial charge in [-0.25, -0.2) is 4.98 Å². The molecule has 0 aliphatic carbocycles. The van der Waals surface area contributed by atoms with Crippen molar-refractivity contribution in [2.24, 2.45) is 0 Å². The summed E-state index contributed by atoms with van der Waals surface area (Å²) in [5.74, 6) is 1.85. The summed E-state index contributed by atoms with van der Waals surface area (Å²) in [6.45, 7) is 4.91. The Morgan fingerprint density at radius 1 is 1.20 bits per heavy atom. The molecule has 0 aliphatic rings. The number of hydrogen-bond acceptors (Lipinski definition) is 3. The van der Waals surface area contributed by atoms with E-state index in [1.165, 1.54) is 11.1 Å². The molecule has 0 amide bonds. The maximum Gasteiger partial charge on any atom is 0.126 e. The number of ether oxygens (including phenoxy) is 1. The van der Waals surface area contributed by atoms with Gasteiger partial charge in [-0.15, -0.1) is 0 Å². The number of halogens is 1. The molecule has 0 bridgehead atoms. The molecular formula is C16H19BrN2O. The highest BCUT2D eigenvalue weighted by atomic mass is 79.9. The first-order chi connectivity index (χ1) is 9.60. The number of nitrogens with zero attached hydrogens (tertiary/aromatic N) is 1. The Morgan fingerprint density at radius 2 is 2.00 bits per heavy atom. The predicted octanol–water partition coefficient (Wildman–Crippen LogP) is 4.12. The second-order valence-corrected chi connectivity index (χ2v) is 5.60. The van der Waals surface area contributed by atoms with Crippen LogP contribution in [0.25, 0.3) is 0 Å². The van der Waals surface area contributed by atoms with Crippen molar-refractivity contribution in [2.75, 3.05) is 19.0 Å². The van der Waals surface area contributed by atoms with E-state index in [9.17, 15) is 0 Å². The van der Waals surface area contributed by atoms with Crippen LogP contribution in [0.2, 0.25) is 0 Å². The van der Waals surface area contributed by atoms with Gasteiger partial charge in [0.1, 0.15) is 11.6 Å². The van der Waals surface area contributed by atoms with E-state index in [1.54, 1.807) is 7.11 Å². The molecule has 2 rings (SSSR count). The fourth-order valence-electron chi connectivity index (χ4n) is 2.07. The summed E-state index contributed by atoms with van der Waals surface area (Å²) < 4.78 is 6.30. The fourth-order valence-corrected chi connectivity index (χ4v) is 2.29. The highest BCUT2D eigenvalue weighted by Gasteiger charge is 2.01. The van der Waals surface area contributed by atoms with Gasteiger partial charge in [-0.3, -0.25) is 0 Å². The van der Waals surface area contributed by atoms with Gasteiger partial charge in [-0.1, -0.05) is 12.1 Å².